The average Bonchev–Trinajstić information content (AvgIpc) is 2.31. The zero-order valence-corrected chi connectivity index (χ0v) is 8.81. The first kappa shape index (κ1) is 10.5. The molecule has 0 saturated heterocycles. The molecule has 0 aliphatic heterocycles. The molecule has 3 heteroatoms. The van der Waals surface area contributed by atoms with Crippen LogP contribution in [0.5, 0.6) is 17.2 Å². The lowest BCUT2D eigenvalue weighted by Crippen LogP contribution is -1.89. The van der Waals surface area contributed by atoms with Gasteiger partial charge in [-0.1, -0.05) is 18.2 Å². The monoisotopic (exact) mass is 218 g/mol. The van der Waals surface area contributed by atoms with E-state index in [-0.39, 0.29) is 5.75 Å². The molecule has 82 valence electrons. The highest BCUT2D eigenvalue weighted by Crippen LogP contribution is 2.26. The predicted octanol–water partition coefficient (Wildman–Crippen LogP) is 3.63. The number of benzene rings is 2. The third-order valence-corrected chi connectivity index (χ3v) is 2.10. The van der Waals surface area contributed by atoms with Gasteiger partial charge >= 0.3 is 0 Å². The van der Waals surface area contributed by atoms with Gasteiger partial charge in [0.15, 0.2) is 11.6 Å². The smallest absolute Gasteiger partial charge is 0.168 e. The van der Waals surface area contributed by atoms with Crippen molar-refractivity contribution >= 4 is 0 Å². The van der Waals surface area contributed by atoms with Crippen LogP contribution in [0.25, 0.3) is 0 Å². The molecule has 0 saturated carbocycles. The number of ether oxygens (including phenoxy) is 2. The summed E-state index contributed by atoms with van der Waals surface area (Å²) in [5, 5.41) is 0. The van der Waals surface area contributed by atoms with Crippen molar-refractivity contribution in [3.63, 3.8) is 0 Å². The quantitative estimate of drug-likeness (QED) is 0.783. The number of methoxy groups -OCH3 is 1. The number of para-hydroxylation sites is 1. The van der Waals surface area contributed by atoms with Crippen LogP contribution >= 0.6 is 0 Å². The molecule has 0 spiro atoms. The second kappa shape index (κ2) is 4.66. The van der Waals surface area contributed by atoms with Crippen LogP contribution in [0.4, 0.5) is 4.39 Å². The summed E-state index contributed by atoms with van der Waals surface area (Å²) in [6.07, 6.45) is 0. The lowest BCUT2D eigenvalue weighted by molar-refractivity contribution is 0.383. The van der Waals surface area contributed by atoms with Gasteiger partial charge < -0.3 is 9.47 Å². The first-order chi connectivity index (χ1) is 7.79. The van der Waals surface area contributed by atoms with Gasteiger partial charge in [-0.2, -0.15) is 0 Å². The van der Waals surface area contributed by atoms with E-state index in [1.54, 1.807) is 6.07 Å². The molecule has 2 nitrogen and oxygen atoms in total. The molecule has 0 radical (unpaired) electrons. The summed E-state index contributed by atoms with van der Waals surface area (Å²) >= 11 is 0. The molecule has 2 aromatic rings. The van der Waals surface area contributed by atoms with Crippen LogP contribution < -0.4 is 9.47 Å². The number of hydrogen-bond donors (Lipinski definition) is 0. The molecule has 0 N–H and O–H groups in total. The molecular formula is C13H11FO2. The van der Waals surface area contributed by atoms with Crippen LogP contribution in [0.1, 0.15) is 0 Å². The van der Waals surface area contributed by atoms with E-state index >= 15 is 0 Å². The summed E-state index contributed by atoms with van der Waals surface area (Å²) in [5.41, 5.74) is 0. The fourth-order valence-electron chi connectivity index (χ4n) is 1.34. The lowest BCUT2D eigenvalue weighted by atomic mass is 10.3. The molecule has 0 unspecified atom stereocenters. The third kappa shape index (κ3) is 2.31. The molecule has 0 amide bonds. The van der Waals surface area contributed by atoms with Gasteiger partial charge in [-0.25, -0.2) is 4.39 Å². The summed E-state index contributed by atoms with van der Waals surface area (Å²) in [7, 11) is 1.43. The minimum atomic E-state index is -0.434. The Bertz CT molecular complexity index is 469. The molecular weight excluding hydrogens is 207 g/mol. The minimum Gasteiger partial charge on any atom is -0.494 e. The maximum atomic E-state index is 13.3. The third-order valence-electron chi connectivity index (χ3n) is 2.10. The highest BCUT2D eigenvalue weighted by molar-refractivity contribution is 5.36. The summed E-state index contributed by atoms with van der Waals surface area (Å²) in [4.78, 5) is 0. The van der Waals surface area contributed by atoms with Crippen LogP contribution in [0.3, 0.4) is 0 Å². The highest BCUT2D eigenvalue weighted by atomic mass is 19.1. The van der Waals surface area contributed by atoms with E-state index in [1.165, 1.54) is 19.2 Å². The fraction of sp³-hybridized carbons (Fsp3) is 0.0769. The van der Waals surface area contributed by atoms with Gasteiger partial charge in [0.1, 0.15) is 11.5 Å². The Balaban J connectivity index is 2.20. The van der Waals surface area contributed by atoms with Gasteiger partial charge in [0, 0.05) is 6.07 Å². The van der Waals surface area contributed by atoms with Gasteiger partial charge in [-0.05, 0) is 24.3 Å². The molecule has 0 aromatic heterocycles. The summed E-state index contributed by atoms with van der Waals surface area (Å²) in [5.74, 6) is 0.896. The van der Waals surface area contributed by atoms with Crippen LogP contribution in [-0.2, 0) is 0 Å². The van der Waals surface area contributed by atoms with Crippen molar-refractivity contribution in [3.05, 3.63) is 54.3 Å². The maximum absolute atomic E-state index is 13.3. The average molecular weight is 218 g/mol. The van der Waals surface area contributed by atoms with Crippen molar-refractivity contribution in [2.75, 3.05) is 7.11 Å². The van der Waals surface area contributed by atoms with Crippen molar-refractivity contribution in [2.24, 2.45) is 0 Å². The van der Waals surface area contributed by atoms with Crippen LogP contribution in [-0.4, -0.2) is 7.11 Å². The topological polar surface area (TPSA) is 18.5 Å². The van der Waals surface area contributed by atoms with E-state index in [1.807, 2.05) is 30.3 Å². The van der Waals surface area contributed by atoms with E-state index in [4.69, 9.17) is 9.47 Å². The Morgan fingerprint density at radius 2 is 1.69 bits per heavy atom. The standard InChI is InChI=1S/C13H11FO2/c1-15-13-8-7-11(9-12(13)14)16-10-5-3-2-4-6-10/h2-9H,1H3. The molecule has 0 atom stereocenters. The Hall–Kier alpha value is -2.03. The Kier molecular flexibility index (Phi) is 3.05. The van der Waals surface area contributed by atoms with Crippen molar-refractivity contribution < 1.29 is 13.9 Å². The van der Waals surface area contributed by atoms with E-state index < -0.39 is 5.82 Å². The first-order valence-electron chi connectivity index (χ1n) is 4.86. The van der Waals surface area contributed by atoms with Gasteiger partial charge in [0.25, 0.3) is 0 Å². The van der Waals surface area contributed by atoms with Crippen molar-refractivity contribution in [2.45, 2.75) is 0 Å². The van der Waals surface area contributed by atoms with Gasteiger partial charge in [-0.3, -0.25) is 0 Å². The van der Waals surface area contributed by atoms with Crippen LogP contribution in [0.2, 0.25) is 0 Å². The SMILES string of the molecule is COc1ccc(Oc2ccccc2)cc1F. The molecule has 0 fully saturated rings. The summed E-state index contributed by atoms with van der Waals surface area (Å²) < 4.78 is 23.6. The molecule has 0 aliphatic rings. The van der Waals surface area contributed by atoms with Crippen LogP contribution in [0, 0.1) is 5.82 Å². The molecule has 0 bridgehead atoms. The molecule has 2 aromatic carbocycles. The molecule has 0 aliphatic carbocycles. The van der Waals surface area contributed by atoms with E-state index in [2.05, 4.69) is 0 Å². The zero-order valence-electron chi connectivity index (χ0n) is 8.81. The number of rotatable bonds is 3. The fourth-order valence-corrected chi connectivity index (χ4v) is 1.34. The van der Waals surface area contributed by atoms with E-state index in [0.29, 0.717) is 11.5 Å². The van der Waals surface area contributed by atoms with Crippen molar-refractivity contribution in [3.8, 4) is 17.2 Å². The lowest BCUT2D eigenvalue weighted by Gasteiger charge is -2.07. The van der Waals surface area contributed by atoms with E-state index in [0.717, 1.165) is 0 Å². The second-order valence-corrected chi connectivity index (χ2v) is 3.21. The molecule has 2 rings (SSSR count). The minimum absolute atomic E-state index is 0.209. The highest BCUT2D eigenvalue weighted by Gasteiger charge is 2.04. The van der Waals surface area contributed by atoms with E-state index in [9.17, 15) is 4.39 Å². The van der Waals surface area contributed by atoms with Crippen molar-refractivity contribution in [1.82, 2.24) is 0 Å². The molecule has 0 heterocycles. The normalized spacial score (nSPS) is 9.88. The van der Waals surface area contributed by atoms with Gasteiger partial charge in [0.2, 0.25) is 0 Å². The summed E-state index contributed by atoms with van der Waals surface area (Å²) in [6.45, 7) is 0. The number of halogens is 1. The second-order valence-electron chi connectivity index (χ2n) is 3.21. The van der Waals surface area contributed by atoms with Gasteiger partial charge in [0.05, 0.1) is 7.11 Å². The maximum Gasteiger partial charge on any atom is 0.168 e. The van der Waals surface area contributed by atoms with Crippen molar-refractivity contribution in [1.29, 1.82) is 0 Å². The summed E-state index contributed by atoms with van der Waals surface area (Å²) in [6, 6.07) is 13.7. The predicted molar refractivity (Wildman–Crippen MR) is 59.5 cm³/mol. The first-order valence-corrected chi connectivity index (χ1v) is 4.86. The van der Waals surface area contributed by atoms with Gasteiger partial charge in [-0.15, -0.1) is 0 Å². The Morgan fingerprint density at radius 1 is 0.938 bits per heavy atom. The van der Waals surface area contributed by atoms with Crippen LogP contribution in [0.15, 0.2) is 48.5 Å². The Labute approximate surface area is 93.2 Å². The Morgan fingerprint density at radius 3 is 2.31 bits per heavy atom. The number of hydrogen-bond acceptors (Lipinski definition) is 2. The zero-order chi connectivity index (χ0) is 11.4. The largest absolute Gasteiger partial charge is 0.494 e. The molecule has 16 heavy (non-hydrogen) atoms.